The van der Waals surface area contributed by atoms with Gasteiger partial charge in [-0.15, -0.1) is 0 Å². The van der Waals surface area contributed by atoms with Gasteiger partial charge in [0.25, 0.3) is 0 Å². The molecule has 1 unspecified atom stereocenters. The second kappa shape index (κ2) is 5.68. The SMILES string of the molecule is Cc1ccc(S(=O)(=O)N2CC(CO)OC(C)(C)C2)c(C)c1. The van der Waals surface area contributed by atoms with Crippen molar-refractivity contribution < 1.29 is 18.3 Å². The van der Waals surface area contributed by atoms with Crippen LogP contribution in [0, 0.1) is 13.8 Å². The second-order valence-corrected chi connectivity index (χ2v) is 8.15. The number of nitrogens with zero attached hydrogens (tertiary/aromatic N) is 1. The molecule has 21 heavy (non-hydrogen) atoms. The molecule has 1 fully saturated rings. The number of hydrogen-bond acceptors (Lipinski definition) is 4. The molecule has 5 nitrogen and oxygen atoms in total. The Balaban J connectivity index is 2.38. The number of aryl methyl sites for hydroxylation is 2. The van der Waals surface area contributed by atoms with Gasteiger partial charge in [-0.1, -0.05) is 17.7 Å². The smallest absolute Gasteiger partial charge is 0.243 e. The molecule has 0 aromatic heterocycles. The third-order valence-corrected chi connectivity index (χ3v) is 5.57. The first kappa shape index (κ1) is 16.4. The molecule has 1 aromatic rings. The van der Waals surface area contributed by atoms with E-state index in [0.717, 1.165) is 11.1 Å². The first-order chi connectivity index (χ1) is 9.65. The summed E-state index contributed by atoms with van der Waals surface area (Å²) in [6.07, 6.45) is -0.491. The zero-order valence-corrected chi connectivity index (χ0v) is 13.8. The fraction of sp³-hybridized carbons (Fsp3) is 0.600. The molecule has 6 heteroatoms. The molecule has 118 valence electrons. The molecule has 1 atom stereocenters. The van der Waals surface area contributed by atoms with Gasteiger partial charge < -0.3 is 9.84 Å². The number of aliphatic hydroxyl groups excluding tert-OH is 1. The standard InChI is InChI=1S/C15H23NO4S/c1-11-5-6-14(12(2)7-11)21(18,19)16-8-13(9-17)20-15(3,4)10-16/h5-7,13,17H,8-10H2,1-4H3. The van der Waals surface area contributed by atoms with E-state index in [1.54, 1.807) is 19.1 Å². The Labute approximate surface area is 126 Å². The van der Waals surface area contributed by atoms with E-state index in [1.807, 2.05) is 26.8 Å². The zero-order valence-electron chi connectivity index (χ0n) is 13.0. The largest absolute Gasteiger partial charge is 0.394 e. The molecule has 0 spiro atoms. The maximum atomic E-state index is 12.9. The van der Waals surface area contributed by atoms with E-state index in [4.69, 9.17) is 4.74 Å². The Morgan fingerprint density at radius 1 is 1.38 bits per heavy atom. The fourth-order valence-corrected chi connectivity index (χ4v) is 4.58. The molecule has 0 aliphatic carbocycles. The van der Waals surface area contributed by atoms with Gasteiger partial charge in [-0.3, -0.25) is 0 Å². The fourth-order valence-electron chi connectivity index (χ4n) is 2.75. The summed E-state index contributed by atoms with van der Waals surface area (Å²) in [6, 6.07) is 5.31. The Bertz CT molecular complexity index is 625. The Kier molecular flexibility index (Phi) is 4.44. The number of morpholine rings is 1. The van der Waals surface area contributed by atoms with Gasteiger partial charge in [-0.25, -0.2) is 8.42 Å². The van der Waals surface area contributed by atoms with E-state index in [-0.39, 0.29) is 19.7 Å². The van der Waals surface area contributed by atoms with Crippen LogP contribution in [0.2, 0.25) is 0 Å². The van der Waals surface area contributed by atoms with Gasteiger partial charge in [0, 0.05) is 13.1 Å². The van der Waals surface area contributed by atoms with Crippen LogP contribution in [0.15, 0.2) is 23.1 Å². The number of rotatable bonds is 3. The predicted molar refractivity (Wildman–Crippen MR) is 80.7 cm³/mol. The molecule has 1 saturated heterocycles. The summed E-state index contributed by atoms with van der Waals surface area (Å²) in [7, 11) is -3.58. The van der Waals surface area contributed by atoms with Crippen LogP contribution in [-0.2, 0) is 14.8 Å². The summed E-state index contributed by atoms with van der Waals surface area (Å²) in [4.78, 5) is 0.322. The summed E-state index contributed by atoms with van der Waals surface area (Å²) in [5.74, 6) is 0. The van der Waals surface area contributed by atoms with Crippen molar-refractivity contribution in [1.29, 1.82) is 0 Å². The summed E-state index contributed by atoms with van der Waals surface area (Å²) in [5, 5.41) is 9.32. The topological polar surface area (TPSA) is 66.8 Å². The Hall–Kier alpha value is -0.950. The lowest BCUT2D eigenvalue weighted by Crippen LogP contribution is -2.55. The van der Waals surface area contributed by atoms with E-state index < -0.39 is 21.7 Å². The highest BCUT2D eigenvalue weighted by Crippen LogP contribution is 2.28. The second-order valence-electron chi connectivity index (χ2n) is 6.25. The van der Waals surface area contributed by atoms with Crippen LogP contribution in [0.25, 0.3) is 0 Å². The van der Waals surface area contributed by atoms with E-state index in [2.05, 4.69) is 0 Å². The van der Waals surface area contributed by atoms with Crippen molar-refractivity contribution in [2.24, 2.45) is 0 Å². The molecule has 1 N–H and O–H groups in total. The highest BCUT2D eigenvalue weighted by atomic mass is 32.2. The molecule has 1 aromatic carbocycles. The van der Waals surface area contributed by atoms with Crippen LogP contribution >= 0.6 is 0 Å². The van der Waals surface area contributed by atoms with Crippen molar-refractivity contribution >= 4 is 10.0 Å². The van der Waals surface area contributed by atoms with Crippen LogP contribution in [0.1, 0.15) is 25.0 Å². The average Bonchev–Trinajstić information content (AvgIpc) is 2.36. The van der Waals surface area contributed by atoms with Gasteiger partial charge in [-0.2, -0.15) is 4.31 Å². The van der Waals surface area contributed by atoms with E-state index >= 15 is 0 Å². The zero-order chi connectivity index (χ0) is 15.8. The van der Waals surface area contributed by atoms with Gasteiger partial charge in [0.2, 0.25) is 10.0 Å². The van der Waals surface area contributed by atoms with Gasteiger partial charge in [0.1, 0.15) is 0 Å². The molecular weight excluding hydrogens is 290 g/mol. The van der Waals surface area contributed by atoms with Crippen molar-refractivity contribution in [3.63, 3.8) is 0 Å². The number of sulfonamides is 1. The van der Waals surface area contributed by atoms with Crippen LogP contribution in [-0.4, -0.2) is 49.2 Å². The quantitative estimate of drug-likeness (QED) is 0.917. The number of hydrogen-bond donors (Lipinski definition) is 1. The lowest BCUT2D eigenvalue weighted by atomic mass is 10.1. The minimum atomic E-state index is -3.58. The van der Waals surface area contributed by atoms with Crippen molar-refractivity contribution in [3.05, 3.63) is 29.3 Å². The molecule has 2 rings (SSSR count). The maximum absolute atomic E-state index is 12.9. The normalized spacial score (nSPS) is 23.2. The first-order valence-corrected chi connectivity index (χ1v) is 8.46. The molecule has 0 bridgehead atoms. The molecular formula is C15H23NO4S. The maximum Gasteiger partial charge on any atom is 0.243 e. The predicted octanol–water partition coefficient (Wildman–Crippen LogP) is 1.46. The van der Waals surface area contributed by atoms with Crippen LogP contribution in [0.3, 0.4) is 0 Å². The van der Waals surface area contributed by atoms with Gasteiger partial charge in [0.05, 0.1) is 23.2 Å². The van der Waals surface area contributed by atoms with E-state index in [0.29, 0.717) is 4.90 Å². The van der Waals surface area contributed by atoms with Crippen LogP contribution < -0.4 is 0 Å². The van der Waals surface area contributed by atoms with Crippen molar-refractivity contribution in [2.75, 3.05) is 19.7 Å². The highest BCUT2D eigenvalue weighted by molar-refractivity contribution is 7.89. The minimum Gasteiger partial charge on any atom is -0.394 e. The summed E-state index contributed by atoms with van der Waals surface area (Å²) in [6.45, 7) is 7.66. The number of ether oxygens (including phenoxy) is 1. The van der Waals surface area contributed by atoms with E-state index in [1.165, 1.54) is 4.31 Å². The lowest BCUT2D eigenvalue weighted by molar-refractivity contribution is -0.131. The first-order valence-electron chi connectivity index (χ1n) is 7.02. The Morgan fingerprint density at radius 3 is 2.62 bits per heavy atom. The average molecular weight is 313 g/mol. The lowest BCUT2D eigenvalue weighted by Gasteiger charge is -2.41. The van der Waals surface area contributed by atoms with E-state index in [9.17, 15) is 13.5 Å². The number of aliphatic hydroxyl groups is 1. The molecule has 0 radical (unpaired) electrons. The minimum absolute atomic E-state index is 0.176. The van der Waals surface area contributed by atoms with Crippen molar-refractivity contribution in [3.8, 4) is 0 Å². The molecule has 0 amide bonds. The van der Waals surface area contributed by atoms with Crippen molar-refractivity contribution in [2.45, 2.75) is 44.3 Å². The third kappa shape index (κ3) is 3.45. The molecule has 0 saturated carbocycles. The van der Waals surface area contributed by atoms with Crippen LogP contribution in [0.5, 0.6) is 0 Å². The van der Waals surface area contributed by atoms with Gasteiger partial charge in [-0.05, 0) is 39.3 Å². The Morgan fingerprint density at radius 2 is 2.05 bits per heavy atom. The third-order valence-electron chi connectivity index (χ3n) is 3.60. The molecule has 1 aliphatic rings. The monoisotopic (exact) mass is 313 g/mol. The highest BCUT2D eigenvalue weighted by Gasteiger charge is 2.39. The summed E-state index contributed by atoms with van der Waals surface area (Å²) in [5.41, 5.74) is 1.15. The number of benzene rings is 1. The summed E-state index contributed by atoms with van der Waals surface area (Å²) < 4.78 is 32.8. The van der Waals surface area contributed by atoms with Crippen molar-refractivity contribution in [1.82, 2.24) is 4.31 Å². The molecule has 1 heterocycles. The van der Waals surface area contributed by atoms with Gasteiger partial charge >= 0.3 is 0 Å². The molecule has 1 aliphatic heterocycles. The van der Waals surface area contributed by atoms with Crippen LogP contribution in [0.4, 0.5) is 0 Å². The van der Waals surface area contributed by atoms with Gasteiger partial charge in [0.15, 0.2) is 0 Å². The summed E-state index contributed by atoms with van der Waals surface area (Å²) >= 11 is 0.